The van der Waals surface area contributed by atoms with Crippen molar-refractivity contribution in [3.63, 3.8) is 0 Å². The van der Waals surface area contributed by atoms with E-state index in [9.17, 15) is 9.59 Å². The van der Waals surface area contributed by atoms with E-state index in [0.29, 0.717) is 30.3 Å². The van der Waals surface area contributed by atoms with E-state index in [1.807, 2.05) is 55.5 Å². The van der Waals surface area contributed by atoms with Crippen molar-refractivity contribution in [3.8, 4) is 0 Å². The lowest BCUT2D eigenvalue weighted by Crippen LogP contribution is -2.47. The molecule has 1 N–H and O–H groups in total. The Bertz CT molecular complexity index is 770. The van der Waals surface area contributed by atoms with Crippen molar-refractivity contribution in [2.24, 2.45) is 0 Å². The van der Waals surface area contributed by atoms with Gasteiger partial charge in [-0.15, -0.1) is 11.8 Å². The van der Waals surface area contributed by atoms with Gasteiger partial charge >= 0.3 is 0 Å². The van der Waals surface area contributed by atoms with Gasteiger partial charge in [-0.3, -0.25) is 9.59 Å². The maximum absolute atomic E-state index is 12.9. The number of thioether (sulfide) groups is 1. The molecule has 1 atom stereocenters. The molecule has 2 aromatic carbocycles. The van der Waals surface area contributed by atoms with E-state index < -0.39 is 6.04 Å². The largest absolute Gasteiger partial charge is 0.354 e. The Morgan fingerprint density at radius 3 is 2.57 bits per heavy atom. The molecule has 0 bridgehead atoms. The minimum atomic E-state index is -0.542. The molecule has 0 saturated carbocycles. The fraction of sp³-hybridized carbons (Fsp3) is 0.364. The first kappa shape index (κ1) is 22.3. The number of carbonyl (C=O) groups is 2. The number of halogens is 1. The Morgan fingerprint density at radius 1 is 1.14 bits per heavy atom. The monoisotopic (exact) mass is 418 g/mol. The average Bonchev–Trinajstić information content (AvgIpc) is 2.70. The molecule has 2 rings (SSSR count). The van der Waals surface area contributed by atoms with E-state index in [4.69, 9.17) is 11.6 Å². The maximum Gasteiger partial charge on any atom is 0.242 e. The Morgan fingerprint density at radius 2 is 1.89 bits per heavy atom. The van der Waals surface area contributed by atoms with Gasteiger partial charge in [0.25, 0.3) is 0 Å². The lowest BCUT2D eigenvalue weighted by atomic mass is 10.1. The second-order valence-corrected chi connectivity index (χ2v) is 8.13. The normalized spacial score (nSPS) is 11.7. The SMILES string of the molecule is CCCNC(=O)[C@H](C)N(Cc1cccc(Cl)c1)C(=O)CCSc1ccccc1. The molecule has 0 saturated heterocycles. The predicted molar refractivity (Wildman–Crippen MR) is 117 cm³/mol. The first-order valence-corrected chi connectivity index (χ1v) is 10.9. The van der Waals surface area contributed by atoms with Crippen LogP contribution in [0.4, 0.5) is 0 Å². The van der Waals surface area contributed by atoms with Crippen LogP contribution in [-0.2, 0) is 16.1 Å². The molecule has 0 aromatic heterocycles. The van der Waals surface area contributed by atoms with Crippen LogP contribution >= 0.6 is 23.4 Å². The van der Waals surface area contributed by atoms with E-state index in [0.717, 1.165) is 16.9 Å². The van der Waals surface area contributed by atoms with Gasteiger partial charge in [0.1, 0.15) is 6.04 Å². The zero-order chi connectivity index (χ0) is 20.4. The summed E-state index contributed by atoms with van der Waals surface area (Å²) in [5, 5.41) is 3.50. The second kappa shape index (κ2) is 11.8. The Kier molecular flexibility index (Phi) is 9.38. The fourth-order valence-electron chi connectivity index (χ4n) is 2.73. The first-order chi connectivity index (χ1) is 13.5. The molecular weight excluding hydrogens is 392 g/mol. The number of hydrogen-bond donors (Lipinski definition) is 1. The number of rotatable bonds is 10. The summed E-state index contributed by atoms with van der Waals surface area (Å²) in [5.74, 6) is 0.494. The highest BCUT2D eigenvalue weighted by Gasteiger charge is 2.25. The van der Waals surface area contributed by atoms with Crippen molar-refractivity contribution in [2.45, 2.75) is 44.2 Å². The van der Waals surface area contributed by atoms with Gasteiger partial charge in [0.15, 0.2) is 0 Å². The van der Waals surface area contributed by atoms with Crippen LogP contribution in [0.5, 0.6) is 0 Å². The van der Waals surface area contributed by atoms with E-state index in [2.05, 4.69) is 5.32 Å². The average molecular weight is 419 g/mol. The number of carbonyl (C=O) groups excluding carboxylic acids is 2. The molecule has 0 aliphatic rings. The summed E-state index contributed by atoms with van der Waals surface area (Å²) in [6.07, 6.45) is 1.22. The number of benzene rings is 2. The van der Waals surface area contributed by atoms with Gasteiger partial charge in [-0.25, -0.2) is 0 Å². The quantitative estimate of drug-likeness (QED) is 0.565. The third kappa shape index (κ3) is 7.21. The number of nitrogens with zero attached hydrogens (tertiary/aromatic N) is 1. The maximum atomic E-state index is 12.9. The summed E-state index contributed by atoms with van der Waals surface area (Å²) in [4.78, 5) is 28.2. The standard InChI is InChI=1S/C22H27ClN2O2S/c1-3-13-24-22(27)17(2)25(16-18-8-7-9-19(23)15-18)21(26)12-14-28-20-10-5-4-6-11-20/h4-11,15,17H,3,12-14,16H2,1-2H3,(H,24,27)/t17-/m0/s1. The summed E-state index contributed by atoms with van der Waals surface area (Å²) < 4.78 is 0. The van der Waals surface area contributed by atoms with E-state index in [1.165, 1.54) is 0 Å². The van der Waals surface area contributed by atoms with Crippen LogP contribution in [-0.4, -0.2) is 35.1 Å². The van der Waals surface area contributed by atoms with Crippen LogP contribution < -0.4 is 5.32 Å². The Hall–Kier alpha value is -1.98. The van der Waals surface area contributed by atoms with Crippen molar-refractivity contribution in [2.75, 3.05) is 12.3 Å². The minimum absolute atomic E-state index is 0.0393. The van der Waals surface area contributed by atoms with Crippen LogP contribution in [0.2, 0.25) is 5.02 Å². The molecule has 0 aliphatic heterocycles. The smallest absolute Gasteiger partial charge is 0.242 e. The zero-order valence-electron chi connectivity index (χ0n) is 16.4. The number of amides is 2. The number of hydrogen-bond acceptors (Lipinski definition) is 3. The zero-order valence-corrected chi connectivity index (χ0v) is 17.9. The van der Waals surface area contributed by atoms with Gasteiger partial charge in [-0.05, 0) is 43.2 Å². The van der Waals surface area contributed by atoms with E-state index >= 15 is 0 Å². The van der Waals surface area contributed by atoms with Crippen molar-refractivity contribution in [1.29, 1.82) is 0 Å². The molecule has 4 nitrogen and oxygen atoms in total. The lowest BCUT2D eigenvalue weighted by Gasteiger charge is -2.29. The Labute approximate surface area is 176 Å². The Balaban J connectivity index is 2.04. The fourth-order valence-corrected chi connectivity index (χ4v) is 3.80. The third-order valence-corrected chi connectivity index (χ3v) is 5.54. The molecular formula is C22H27ClN2O2S. The molecule has 6 heteroatoms. The van der Waals surface area contributed by atoms with Gasteiger partial charge in [0, 0.05) is 35.2 Å². The predicted octanol–water partition coefficient (Wildman–Crippen LogP) is 4.77. The highest BCUT2D eigenvalue weighted by Crippen LogP contribution is 2.20. The number of nitrogens with one attached hydrogen (secondary N) is 1. The molecule has 2 aromatic rings. The summed E-state index contributed by atoms with van der Waals surface area (Å²) in [6.45, 7) is 4.74. The summed E-state index contributed by atoms with van der Waals surface area (Å²) in [5.41, 5.74) is 0.909. The highest BCUT2D eigenvalue weighted by molar-refractivity contribution is 7.99. The molecule has 0 spiro atoms. The summed E-state index contributed by atoms with van der Waals surface area (Å²) in [7, 11) is 0. The topological polar surface area (TPSA) is 49.4 Å². The molecule has 0 unspecified atom stereocenters. The van der Waals surface area contributed by atoms with Gasteiger partial charge in [-0.1, -0.05) is 48.9 Å². The van der Waals surface area contributed by atoms with Gasteiger partial charge in [0.2, 0.25) is 11.8 Å². The lowest BCUT2D eigenvalue weighted by molar-refractivity contribution is -0.140. The van der Waals surface area contributed by atoms with Crippen molar-refractivity contribution < 1.29 is 9.59 Å². The van der Waals surface area contributed by atoms with Gasteiger partial charge in [0.05, 0.1) is 0 Å². The van der Waals surface area contributed by atoms with E-state index in [1.54, 1.807) is 29.7 Å². The van der Waals surface area contributed by atoms with Gasteiger partial charge < -0.3 is 10.2 Å². The molecule has 150 valence electrons. The van der Waals surface area contributed by atoms with Crippen molar-refractivity contribution in [3.05, 3.63) is 65.2 Å². The van der Waals surface area contributed by atoms with E-state index in [-0.39, 0.29) is 11.8 Å². The van der Waals surface area contributed by atoms with Crippen LogP contribution in [0.15, 0.2) is 59.5 Å². The van der Waals surface area contributed by atoms with Crippen LogP contribution in [0, 0.1) is 0 Å². The molecule has 0 heterocycles. The van der Waals surface area contributed by atoms with Crippen LogP contribution in [0.3, 0.4) is 0 Å². The molecule has 28 heavy (non-hydrogen) atoms. The molecule has 2 amide bonds. The second-order valence-electron chi connectivity index (χ2n) is 6.53. The first-order valence-electron chi connectivity index (χ1n) is 9.50. The van der Waals surface area contributed by atoms with Crippen molar-refractivity contribution in [1.82, 2.24) is 10.2 Å². The van der Waals surface area contributed by atoms with Crippen LogP contribution in [0.25, 0.3) is 0 Å². The highest BCUT2D eigenvalue weighted by atomic mass is 35.5. The molecule has 0 aliphatic carbocycles. The minimum Gasteiger partial charge on any atom is -0.354 e. The summed E-state index contributed by atoms with van der Waals surface area (Å²) >= 11 is 7.72. The molecule has 0 fully saturated rings. The molecule has 0 radical (unpaired) electrons. The van der Waals surface area contributed by atoms with Gasteiger partial charge in [-0.2, -0.15) is 0 Å². The van der Waals surface area contributed by atoms with Crippen molar-refractivity contribution >= 4 is 35.2 Å². The third-order valence-electron chi connectivity index (χ3n) is 4.29. The summed E-state index contributed by atoms with van der Waals surface area (Å²) in [6, 6.07) is 16.8. The van der Waals surface area contributed by atoms with Crippen LogP contribution in [0.1, 0.15) is 32.3 Å².